The number of aromatic carboxylic acids is 1. The number of pyridine rings is 1. The quantitative estimate of drug-likeness (QED) is 0.896. The lowest BCUT2D eigenvalue weighted by molar-refractivity contribution is -0.115. The maximum Gasteiger partial charge on any atom is 0.337 e. The molecule has 0 bridgehead atoms. The Morgan fingerprint density at radius 2 is 2.10 bits per heavy atom. The lowest BCUT2D eigenvalue weighted by Crippen LogP contribution is -2.37. The molecule has 1 aromatic carbocycles. The molecular formula is C15H13N3O3. The highest BCUT2D eigenvalue weighted by Gasteiger charge is 2.21. The molecule has 2 aromatic rings. The van der Waals surface area contributed by atoms with Crippen LogP contribution in [0.15, 0.2) is 42.6 Å². The smallest absolute Gasteiger partial charge is 0.337 e. The van der Waals surface area contributed by atoms with E-state index in [0.29, 0.717) is 12.2 Å². The fourth-order valence-corrected chi connectivity index (χ4v) is 2.28. The molecule has 6 heteroatoms. The number of carboxylic acids is 1. The Kier molecular flexibility index (Phi) is 3.27. The average Bonchev–Trinajstić information content (AvgIpc) is 2.47. The molecule has 0 fully saturated rings. The number of nitrogens with one attached hydrogen (secondary N) is 1. The van der Waals surface area contributed by atoms with Crippen molar-refractivity contribution in [3.63, 3.8) is 0 Å². The van der Waals surface area contributed by atoms with E-state index in [1.54, 1.807) is 6.07 Å². The largest absolute Gasteiger partial charge is 0.478 e. The molecule has 0 spiro atoms. The zero-order valence-electron chi connectivity index (χ0n) is 11.1. The Hall–Kier alpha value is -2.89. The van der Waals surface area contributed by atoms with Crippen LogP contribution in [0, 0.1) is 0 Å². The summed E-state index contributed by atoms with van der Waals surface area (Å²) < 4.78 is 0. The summed E-state index contributed by atoms with van der Waals surface area (Å²) in [5, 5.41) is 11.7. The molecule has 3 rings (SSSR count). The zero-order chi connectivity index (χ0) is 14.8. The Morgan fingerprint density at radius 3 is 2.81 bits per heavy atom. The maximum atomic E-state index is 11.7. The molecule has 1 amide bonds. The van der Waals surface area contributed by atoms with Crippen LogP contribution in [0.1, 0.15) is 16.1 Å². The summed E-state index contributed by atoms with van der Waals surface area (Å²) in [6.45, 7) is 0.698. The zero-order valence-corrected chi connectivity index (χ0v) is 11.1. The van der Waals surface area contributed by atoms with Crippen molar-refractivity contribution in [1.82, 2.24) is 4.98 Å². The third kappa shape index (κ3) is 2.69. The number of benzene rings is 1. The number of aromatic nitrogens is 1. The van der Waals surface area contributed by atoms with Gasteiger partial charge in [-0.2, -0.15) is 0 Å². The number of para-hydroxylation sites is 2. The van der Waals surface area contributed by atoms with Crippen molar-refractivity contribution in [2.24, 2.45) is 0 Å². The van der Waals surface area contributed by atoms with Gasteiger partial charge in [-0.05, 0) is 24.3 Å². The second-order valence-electron chi connectivity index (χ2n) is 4.76. The molecule has 106 valence electrons. The van der Waals surface area contributed by atoms with E-state index in [0.717, 1.165) is 11.4 Å². The van der Waals surface area contributed by atoms with Gasteiger partial charge < -0.3 is 15.3 Å². The van der Waals surface area contributed by atoms with Crippen LogP contribution in [-0.4, -0.2) is 28.5 Å². The lowest BCUT2D eigenvalue weighted by Gasteiger charge is -2.30. The van der Waals surface area contributed by atoms with E-state index in [1.807, 2.05) is 29.2 Å². The number of carboxylic acid groups (broad SMARTS) is 1. The first-order valence-corrected chi connectivity index (χ1v) is 6.45. The minimum atomic E-state index is -1.00. The van der Waals surface area contributed by atoms with Crippen molar-refractivity contribution in [1.29, 1.82) is 0 Å². The van der Waals surface area contributed by atoms with Gasteiger partial charge in [0.2, 0.25) is 5.91 Å². The van der Waals surface area contributed by atoms with Crippen molar-refractivity contribution in [3.8, 4) is 0 Å². The first-order valence-electron chi connectivity index (χ1n) is 6.45. The Labute approximate surface area is 121 Å². The molecule has 1 aliphatic heterocycles. The van der Waals surface area contributed by atoms with E-state index in [4.69, 9.17) is 5.11 Å². The van der Waals surface area contributed by atoms with Gasteiger partial charge in [-0.25, -0.2) is 4.79 Å². The first kappa shape index (κ1) is 13.1. The van der Waals surface area contributed by atoms with E-state index in [9.17, 15) is 9.59 Å². The van der Waals surface area contributed by atoms with Crippen molar-refractivity contribution < 1.29 is 14.7 Å². The number of hydrogen-bond donors (Lipinski definition) is 2. The van der Waals surface area contributed by atoms with E-state index in [1.165, 1.54) is 12.3 Å². The lowest BCUT2D eigenvalue weighted by atomic mass is 10.1. The van der Waals surface area contributed by atoms with Gasteiger partial charge in [0.05, 0.1) is 35.7 Å². The van der Waals surface area contributed by atoms with Crippen molar-refractivity contribution in [2.45, 2.75) is 6.54 Å². The highest BCUT2D eigenvalue weighted by molar-refractivity contribution is 6.01. The van der Waals surface area contributed by atoms with E-state index in [-0.39, 0.29) is 18.0 Å². The summed E-state index contributed by atoms with van der Waals surface area (Å²) in [6.07, 6.45) is 1.33. The number of hydrogen-bond acceptors (Lipinski definition) is 4. The highest BCUT2D eigenvalue weighted by Crippen LogP contribution is 2.29. The number of carbonyl (C=O) groups is 2. The normalized spacial score (nSPS) is 13.5. The second-order valence-corrected chi connectivity index (χ2v) is 4.76. The van der Waals surface area contributed by atoms with Crippen LogP contribution in [0.5, 0.6) is 0 Å². The molecular weight excluding hydrogens is 270 g/mol. The number of fused-ring (bicyclic) bond motifs is 1. The summed E-state index contributed by atoms with van der Waals surface area (Å²) in [7, 11) is 0. The molecule has 2 heterocycles. The standard InChI is InChI=1S/C15H13N3O3/c19-14-9-18(13-4-2-1-3-12(13)17-14)8-11-6-5-10(7-16-11)15(20)21/h1-7H,8-9H2,(H,17,19)(H,20,21). The monoisotopic (exact) mass is 283 g/mol. The van der Waals surface area contributed by atoms with Gasteiger partial charge in [-0.1, -0.05) is 12.1 Å². The number of rotatable bonds is 3. The molecule has 1 aliphatic rings. The molecule has 6 nitrogen and oxygen atoms in total. The van der Waals surface area contributed by atoms with Gasteiger partial charge in [0, 0.05) is 6.20 Å². The summed E-state index contributed by atoms with van der Waals surface area (Å²) in [6, 6.07) is 10.7. The van der Waals surface area contributed by atoms with Gasteiger partial charge in [0.15, 0.2) is 0 Å². The van der Waals surface area contributed by atoms with Crippen LogP contribution in [0.3, 0.4) is 0 Å². The third-order valence-corrected chi connectivity index (χ3v) is 3.28. The van der Waals surface area contributed by atoms with Gasteiger partial charge in [-0.3, -0.25) is 9.78 Å². The third-order valence-electron chi connectivity index (χ3n) is 3.28. The van der Waals surface area contributed by atoms with E-state index >= 15 is 0 Å². The molecule has 0 saturated carbocycles. The topological polar surface area (TPSA) is 82.5 Å². The summed E-state index contributed by atoms with van der Waals surface area (Å²) in [4.78, 5) is 28.6. The summed E-state index contributed by atoms with van der Waals surface area (Å²) >= 11 is 0. The first-order chi connectivity index (χ1) is 10.1. The molecule has 1 aromatic heterocycles. The SMILES string of the molecule is O=C1CN(Cc2ccc(C(=O)O)cn2)c2ccccc2N1. The molecule has 0 atom stereocenters. The van der Waals surface area contributed by atoms with Crippen LogP contribution < -0.4 is 10.2 Å². The molecule has 21 heavy (non-hydrogen) atoms. The van der Waals surface area contributed by atoms with Gasteiger partial charge in [0.1, 0.15) is 0 Å². The van der Waals surface area contributed by atoms with Crippen LogP contribution in [0.2, 0.25) is 0 Å². The predicted molar refractivity (Wildman–Crippen MR) is 77.3 cm³/mol. The Morgan fingerprint density at radius 1 is 1.29 bits per heavy atom. The molecule has 0 unspecified atom stereocenters. The summed E-state index contributed by atoms with van der Waals surface area (Å²) in [5.41, 5.74) is 2.57. The molecule has 2 N–H and O–H groups in total. The maximum absolute atomic E-state index is 11.7. The number of carbonyl (C=O) groups excluding carboxylic acids is 1. The Bertz CT molecular complexity index is 698. The Balaban J connectivity index is 1.84. The highest BCUT2D eigenvalue weighted by atomic mass is 16.4. The van der Waals surface area contributed by atoms with Crippen molar-refractivity contribution in [2.75, 3.05) is 16.8 Å². The van der Waals surface area contributed by atoms with Crippen LogP contribution in [-0.2, 0) is 11.3 Å². The molecule has 0 saturated heterocycles. The number of nitrogens with zero attached hydrogens (tertiary/aromatic N) is 2. The fourth-order valence-electron chi connectivity index (χ4n) is 2.28. The van der Waals surface area contributed by atoms with Gasteiger partial charge in [0.25, 0.3) is 0 Å². The van der Waals surface area contributed by atoms with Crippen LogP contribution in [0.4, 0.5) is 11.4 Å². The van der Waals surface area contributed by atoms with E-state index in [2.05, 4.69) is 10.3 Å². The van der Waals surface area contributed by atoms with Crippen molar-refractivity contribution >= 4 is 23.3 Å². The number of anilines is 2. The van der Waals surface area contributed by atoms with E-state index < -0.39 is 5.97 Å². The van der Waals surface area contributed by atoms with Crippen LogP contribution >= 0.6 is 0 Å². The second kappa shape index (κ2) is 5.24. The number of amides is 1. The molecule has 0 radical (unpaired) electrons. The fraction of sp³-hybridized carbons (Fsp3) is 0.133. The van der Waals surface area contributed by atoms with Crippen molar-refractivity contribution in [3.05, 3.63) is 53.9 Å². The summed E-state index contributed by atoms with van der Waals surface area (Å²) in [5.74, 6) is -1.08. The average molecular weight is 283 g/mol. The van der Waals surface area contributed by atoms with Crippen LogP contribution in [0.25, 0.3) is 0 Å². The van der Waals surface area contributed by atoms with Gasteiger partial charge >= 0.3 is 5.97 Å². The van der Waals surface area contributed by atoms with Gasteiger partial charge in [-0.15, -0.1) is 0 Å². The minimum absolute atomic E-state index is 0.0733. The minimum Gasteiger partial charge on any atom is -0.478 e. The molecule has 0 aliphatic carbocycles. The predicted octanol–water partition coefficient (Wildman–Crippen LogP) is 1.74.